The molecule has 0 atom stereocenters. The molecule has 1 N–H and O–H groups in total. The zero-order chi connectivity index (χ0) is 12.1. The molecule has 88 valence electrons. The van der Waals surface area contributed by atoms with Crippen molar-refractivity contribution in [1.29, 1.82) is 0 Å². The zero-order valence-electron chi connectivity index (χ0n) is 9.03. The maximum absolute atomic E-state index is 5.70. The highest BCUT2D eigenvalue weighted by atomic mass is 35.5. The second-order valence-corrected chi connectivity index (χ2v) is 4.36. The second-order valence-electron chi connectivity index (χ2n) is 3.58. The summed E-state index contributed by atoms with van der Waals surface area (Å²) >= 11 is 11.4. The molecule has 3 nitrogen and oxygen atoms in total. The van der Waals surface area contributed by atoms with E-state index in [2.05, 4.69) is 15.3 Å². The van der Waals surface area contributed by atoms with Crippen LogP contribution in [-0.4, -0.2) is 9.97 Å². The Balaban J connectivity index is 1.83. The van der Waals surface area contributed by atoms with E-state index in [1.165, 1.54) is 0 Å². The average molecular weight is 268 g/mol. The van der Waals surface area contributed by atoms with Gasteiger partial charge >= 0.3 is 0 Å². The maximum Gasteiger partial charge on any atom is 0.129 e. The van der Waals surface area contributed by atoms with Gasteiger partial charge in [-0.3, -0.25) is 0 Å². The molecule has 0 fully saturated rings. The molecule has 2 rings (SSSR count). The van der Waals surface area contributed by atoms with Crippen molar-refractivity contribution in [3.05, 3.63) is 58.1 Å². The molecule has 0 unspecified atom stereocenters. The summed E-state index contributed by atoms with van der Waals surface area (Å²) in [6.45, 7) is 1.49. The molecule has 2 aromatic rings. The van der Waals surface area contributed by atoms with Crippen molar-refractivity contribution < 1.29 is 0 Å². The van der Waals surface area contributed by atoms with Crippen molar-refractivity contribution in [1.82, 2.24) is 15.3 Å². The molecule has 0 aliphatic heterocycles. The normalized spacial score (nSPS) is 10.5. The van der Waals surface area contributed by atoms with E-state index >= 15 is 0 Å². The van der Waals surface area contributed by atoms with Gasteiger partial charge in [0.25, 0.3) is 0 Å². The number of nitrogens with zero attached hydrogens (tertiary/aromatic N) is 2. The molecule has 2 aromatic heterocycles. The Morgan fingerprint density at radius 2 is 1.29 bits per heavy atom. The highest BCUT2D eigenvalue weighted by molar-refractivity contribution is 6.29. The lowest BCUT2D eigenvalue weighted by Crippen LogP contribution is -2.12. The smallest absolute Gasteiger partial charge is 0.129 e. The van der Waals surface area contributed by atoms with Crippen LogP contribution in [0.4, 0.5) is 0 Å². The number of pyridine rings is 2. The maximum atomic E-state index is 5.70. The topological polar surface area (TPSA) is 37.8 Å². The van der Waals surface area contributed by atoms with Gasteiger partial charge in [0.2, 0.25) is 0 Å². The van der Waals surface area contributed by atoms with Crippen LogP contribution in [0, 0.1) is 0 Å². The highest BCUT2D eigenvalue weighted by Crippen LogP contribution is 2.07. The number of aromatic nitrogens is 2. The van der Waals surface area contributed by atoms with E-state index in [0.29, 0.717) is 10.3 Å². The summed E-state index contributed by atoms with van der Waals surface area (Å²) in [7, 11) is 0. The van der Waals surface area contributed by atoms with Crippen molar-refractivity contribution in [3.8, 4) is 0 Å². The summed E-state index contributed by atoms with van der Waals surface area (Å²) in [6, 6.07) is 7.45. The van der Waals surface area contributed by atoms with Crippen LogP contribution in [0.15, 0.2) is 36.7 Å². The summed E-state index contributed by atoms with van der Waals surface area (Å²) in [4.78, 5) is 8.02. The van der Waals surface area contributed by atoms with E-state index in [-0.39, 0.29) is 0 Å². The highest BCUT2D eigenvalue weighted by Gasteiger charge is 1.96. The minimum Gasteiger partial charge on any atom is -0.309 e. The van der Waals surface area contributed by atoms with E-state index in [1.807, 2.05) is 12.1 Å². The first kappa shape index (κ1) is 12.3. The first-order valence-corrected chi connectivity index (χ1v) is 5.91. The molecule has 0 aromatic carbocycles. The third-order valence-corrected chi connectivity index (χ3v) is 2.68. The lowest BCUT2D eigenvalue weighted by molar-refractivity contribution is 0.689. The molecule has 0 aliphatic carbocycles. The van der Waals surface area contributed by atoms with Crippen LogP contribution in [0.5, 0.6) is 0 Å². The summed E-state index contributed by atoms with van der Waals surface area (Å²) < 4.78 is 0. The quantitative estimate of drug-likeness (QED) is 0.866. The zero-order valence-corrected chi connectivity index (χ0v) is 10.5. The lowest BCUT2D eigenvalue weighted by atomic mass is 10.2. The van der Waals surface area contributed by atoms with Crippen LogP contribution in [-0.2, 0) is 13.1 Å². The van der Waals surface area contributed by atoms with Gasteiger partial charge in [-0.1, -0.05) is 35.3 Å². The van der Waals surface area contributed by atoms with Gasteiger partial charge < -0.3 is 5.32 Å². The number of nitrogens with one attached hydrogen (secondary N) is 1. The van der Waals surface area contributed by atoms with E-state index in [9.17, 15) is 0 Å². The molecule has 0 aliphatic rings. The Bertz CT molecular complexity index is 423. The molecular formula is C12H11Cl2N3. The fraction of sp³-hybridized carbons (Fsp3) is 0.167. The minimum absolute atomic E-state index is 0.510. The molecule has 0 spiro atoms. The van der Waals surface area contributed by atoms with Crippen molar-refractivity contribution in [2.45, 2.75) is 13.1 Å². The summed E-state index contributed by atoms with van der Waals surface area (Å²) in [5.41, 5.74) is 2.19. The van der Waals surface area contributed by atoms with Gasteiger partial charge in [-0.05, 0) is 23.3 Å². The fourth-order valence-electron chi connectivity index (χ4n) is 1.37. The third kappa shape index (κ3) is 3.97. The third-order valence-electron chi connectivity index (χ3n) is 2.24. The van der Waals surface area contributed by atoms with Crippen LogP contribution >= 0.6 is 23.2 Å². The van der Waals surface area contributed by atoms with Gasteiger partial charge in [0.1, 0.15) is 10.3 Å². The Hall–Kier alpha value is -1.16. The molecule has 0 amide bonds. The van der Waals surface area contributed by atoms with E-state index in [1.54, 1.807) is 24.5 Å². The van der Waals surface area contributed by atoms with Gasteiger partial charge in [-0.15, -0.1) is 0 Å². The largest absolute Gasteiger partial charge is 0.309 e. The molecule has 5 heteroatoms. The summed E-state index contributed by atoms with van der Waals surface area (Å²) in [5.74, 6) is 0. The molecule has 0 saturated heterocycles. The number of hydrogen-bond donors (Lipinski definition) is 1. The van der Waals surface area contributed by atoms with E-state index < -0.39 is 0 Å². The van der Waals surface area contributed by atoms with Gasteiger partial charge in [-0.2, -0.15) is 0 Å². The lowest BCUT2D eigenvalue weighted by Gasteiger charge is -2.04. The van der Waals surface area contributed by atoms with Crippen molar-refractivity contribution in [2.75, 3.05) is 0 Å². The predicted molar refractivity (Wildman–Crippen MR) is 69.0 cm³/mol. The van der Waals surface area contributed by atoms with Crippen molar-refractivity contribution in [3.63, 3.8) is 0 Å². The second kappa shape index (κ2) is 5.96. The molecular weight excluding hydrogens is 257 g/mol. The molecule has 0 bridgehead atoms. The molecule has 2 heterocycles. The first-order valence-electron chi connectivity index (χ1n) is 5.15. The van der Waals surface area contributed by atoms with Crippen molar-refractivity contribution in [2.24, 2.45) is 0 Å². The van der Waals surface area contributed by atoms with Gasteiger partial charge in [0.05, 0.1) is 0 Å². The minimum atomic E-state index is 0.510. The Kier molecular flexibility index (Phi) is 4.31. The van der Waals surface area contributed by atoms with E-state index in [4.69, 9.17) is 23.2 Å². The molecule has 17 heavy (non-hydrogen) atoms. The van der Waals surface area contributed by atoms with Crippen LogP contribution in [0.3, 0.4) is 0 Å². The fourth-order valence-corrected chi connectivity index (χ4v) is 1.60. The number of hydrogen-bond acceptors (Lipinski definition) is 3. The van der Waals surface area contributed by atoms with Crippen LogP contribution < -0.4 is 5.32 Å². The van der Waals surface area contributed by atoms with Gasteiger partial charge in [-0.25, -0.2) is 9.97 Å². The monoisotopic (exact) mass is 267 g/mol. The summed E-state index contributed by atoms with van der Waals surface area (Å²) in [6.07, 6.45) is 3.52. The van der Waals surface area contributed by atoms with Crippen LogP contribution in [0.25, 0.3) is 0 Å². The number of halogens is 2. The SMILES string of the molecule is Clc1ccc(CNCc2ccc(Cl)nc2)cn1. The molecule has 0 saturated carbocycles. The Labute approximate surface area is 110 Å². The van der Waals surface area contributed by atoms with Crippen molar-refractivity contribution >= 4 is 23.2 Å². The van der Waals surface area contributed by atoms with Gasteiger partial charge in [0, 0.05) is 25.5 Å². The standard InChI is InChI=1S/C12H11Cl2N3/c13-11-3-1-9(7-16-11)5-15-6-10-2-4-12(14)17-8-10/h1-4,7-8,15H,5-6H2. The van der Waals surface area contributed by atoms with Crippen LogP contribution in [0.2, 0.25) is 10.3 Å². The average Bonchev–Trinajstić information content (AvgIpc) is 2.34. The summed E-state index contributed by atoms with van der Waals surface area (Å²) in [5, 5.41) is 4.31. The van der Waals surface area contributed by atoms with Gasteiger partial charge in [0.15, 0.2) is 0 Å². The predicted octanol–water partition coefficient (Wildman–Crippen LogP) is 3.07. The number of rotatable bonds is 4. The van der Waals surface area contributed by atoms with E-state index in [0.717, 1.165) is 24.2 Å². The molecule has 0 radical (unpaired) electrons. The Morgan fingerprint density at radius 1 is 0.824 bits per heavy atom. The first-order chi connectivity index (χ1) is 8.24. The Morgan fingerprint density at radius 3 is 1.65 bits per heavy atom. The van der Waals surface area contributed by atoms with Crippen LogP contribution in [0.1, 0.15) is 11.1 Å².